The lowest BCUT2D eigenvalue weighted by Gasteiger charge is -2.21. The maximum atomic E-state index is 13.2. The molecule has 4 aromatic rings. The van der Waals surface area contributed by atoms with Crippen molar-refractivity contribution in [1.82, 2.24) is 15.3 Å². The molecular weight excluding hydrogens is 402 g/mol. The molecule has 1 amide bonds. The van der Waals surface area contributed by atoms with Crippen LogP contribution in [0.2, 0.25) is 0 Å². The molecular formula is C25H23N5O2. The first-order chi connectivity index (χ1) is 15.5. The molecule has 0 saturated heterocycles. The lowest BCUT2D eigenvalue weighted by Crippen LogP contribution is -2.35. The zero-order valence-electron chi connectivity index (χ0n) is 17.6. The molecule has 0 saturated carbocycles. The topological polar surface area (TPSA) is 114 Å². The second-order valence-corrected chi connectivity index (χ2v) is 7.72. The second kappa shape index (κ2) is 9.33. The number of hydrogen-bond acceptors (Lipinski definition) is 4. The Bertz CT molecular complexity index is 1320. The van der Waals surface area contributed by atoms with Gasteiger partial charge in [0.25, 0.3) is 0 Å². The van der Waals surface area contributed by atoms with Crippen LogP contribution in [0.25, 0.3) is 11.0 Å². The number of hydrogen-bond donors (Lipinski definition) is 4. The molecule has 0 spiro atoms. The highest BCUT2D eigenvalue weighted by atomic mass is 16.2. The Hall–Kier alpha value is -4.15. The van der Waals surface area contributed by atoms with Gasteiger partial charge >= 0.3 is 5.69 Å². The van der Waals surface area contributed by atoms with Crippen LogP contribution in [0.5, 0.6) is 0 Å². The van der Waals surface area contributed by atoms with Crippen LogP contribution in [0.4, 0.5) is 5.69 Å². The minimum atomic E-state index is -0.557. The number of carbonyl (C=O) groups is 1. The SMILES string of the molecule is C[C@H](CN[C@H](C(=O)Nc1ccc2[nH]c(=O)[nH]c2c1)c1ccccc1)c1ccc(C#N)cc1. The number of nitrogens with one attached hydrogen (secondary N) is 4. The molecule has 0 bridgehead atoms. The molecule has 7 heteroatoms. The average molecular weight is 425 g/mol. The fourth-order valence-corrected chi connectivity index (χ4v) is 3.63. The van der Waals surface area contributed by atoms with Gasteiger partial charge in [-0.3, -0.25) is 4.79 Å². The van der Waals surface area contributed by atoms with Gasteiger partial charge in [-0.25, -0.2) is 4.79 Å². The first kappa shape index (κ1) is 21.1. The molecule has 0 radical (unpaired) electrons. The van der Waals surface area contributed by atoms with E-state index in [1.54, 1.807) is 30.3 Å². The highest BCUT2D eigenvalue weighted by Crippen LogP contribution is 2.21. The highest BCUT2D eigenvalue weighted by Gasteiger charge is 2.21. The predicted molar refractivity (Wildman–Crippen MR) is 124 cm³/mol. The van der Waals surface area contributed by atoms with Gasteiger partial charge in [0, 0.05) is 12.2 Å². The van der Waals surface area contributed by atoms with Crippen LogP contribution in [0, 0.1) is 11.3 Å². The lowest BCUT2D eigenvalue weighted by atomic mass is 9.98. The monoisotopic (exact) mass is 425 g/mol. The summed E-state index contributed by atoms with van der Waals surface area (Å²) < 4.78 is 0. The first-order valence-electron chi connectivity index (χ1n) is 10.3. The van der Waals surface area contributed by atoms with Crippen molar-refractivity contribution in [1.29, 1.82) is 5.26 Å². The molecule has 4 rings (SSSR count). The van der Waals surface area contributed by atoms with Crippen LogP contribution in [0.1, 0.15) is 35.6 Å². The van der Waals surface area contributed by atoms with Crippen LogP contribution < -0.4 is 16.3 Å². The van der Waals surface area contributed by atoms with Gasteiger partial charge in [-0.05, 0) is 47.4 Å². The predicted octanol–water partition coefficient (Wildman–Crippen LogP) is 3.80. The number of amides is 1. The van der Waals surface area contributed by atoms with E-state index in [4.69, 9.17) is 5.26 Å². The Labute approximate surface area is 185 Å². The van der Waals surface area contributed by atoms with Crippen LogP contribution >= 0.6 is 0 Å². The summed E-state index contributed by atoms with van der Waals surface area (Å²) in [6.07, 6.45) is 0. The van der Waals surface area contributed by atoms with Gasteiger partial charge in [0.2, 0.25) is 5.91 Å². The minimum absolute atomic E-state index is 0.142. The van der Waals surface area contributed by atoms with E-state index in [2.05, 4.69) is 33.6 Å². The summed E-state index contributed by atoms with van der Waals surface area (Å²) in [5.41, 5.74) is 4.19. The fraction of sp³-hybridized carbons (Fsp3) is 0.160. The summed E-state index contributed by atoms with van der Waals surface area (Å²) in [6.45, 7) is 2.65. The van der Waals surface area contributed by atoms with Crippen molar-refractivity contribution in [3.05, 3.63) is 100.0 Å². The third kappa shape index (κ3) is 4.77. The van der Waals surface area contributed by atoms with E-state index < -0.39 is 6.04 Å². The summed E-state index contributed by atoms with van der Waals surface area (Å²) in [6, 6.07) is 23.8. The van der Waals surface area contributed by atoms with Gasteiger partial charge in [0.1, 0.15) is 6.04 Å². The summed E-state index contributed by atoms with van der Waals surface area (Å²) in [7, 11) is 0. The van der Waals surface area contributed by atoms with Crippen LogP contribution in [-0.4, -0.2) is 22.4 Å². The van der Waals surface area contributed by atoms with Gasteiger partial charge < -0.3 is 20.6 Å². The maximum absolute atomic E-state index is 13.2. The molecule has 0 aliphatic carbocycles. The van der Waals surface area contributed by atoms with Crippen LogP contribution in [-0.2, 0) is 4.79 Å². The van der Waals surface area contributed by atoms with Crippen molar-refractivity contribution in [3.63, 3.8) is 0 Å². The number of rotatable bonds is 7. The molecule has 32 heavy (non-hydrogen) atoms. The number of anilines is 1. The summed E-state index contributed by atoms with van der Waals surface area (Å²) in [5, 5.41) is 15.3. The Kier molecular flexibility index (Phi) is 6.15. The summed E-state index contributed by atoms with van der Waals surface area (Å²) in [4.78, 5) is 30.1. The number of benzene rings is 3. The minimum Gasteiger partial charge on any atom is -0.324 e. The average Bonchev–Trinajstić information content (AvgIpc) is 3.19. The Morgan fingerprint density at radius 2 is 1.69 bits per heavy atom. The number of nitriles is 1. The van der Waals surface area contributed by atoms with Gasteiger partial charge in [-0.15, -0.1) is 0 Å². The maximum Gasteiger partial charge on any atom is 0.323 e. The number of fused-ring (bicyclic) bond motifs is 1. The molecule has 0 fully saturated rings. The van der Waals surface area contributed by atoms with Crippen molar-refractivity contribution < 1.29 is 4.79 Å². The smallest absolute Gasteiger partial charge is 0.323 e. The normalized spacial score (nSPS) is 12.8. The van der Waals surface area contributed by atoms with Gasteiger partial charge in [0.15, 0.2) is 0 Å². The van der Waals surface area contributed by atoms with E-state index in [-0.39, 0.29) is 17.5 Å². The number of nitrogens with zero attached hydrogens (tertiary/aromatic N) is 1. The molecule has 2 atom stereocenters. The van der Waals surface area contributed by atoms with Crippen LogP contribution in [0.15, 0.2) is 77.6 Å². The number of imidazole rings is 1. The molecule has 7 nitrogen and oxygen atoms in total. The van der Waals surface area contributed by atoms with E-state index in [1.807, 2.05) is 42.5 Å². The molecule has 3 aromatic carbocycles. The molecule has 0 aliphatic rings. The molecule has 1 heterocycles. The Morgan fingerprint density at radius 3 is 2.41 bits per heavy atom. The van der Waals surface area contributed by atoms with Crippen molar-refractivity contribution in [3.8, 4) is 6.07 Å². The van der Waals surface area contributed by atoms with Crippen molar-refractivity contribution in [2.45, 2.75) is 18.9 Å². The van der Waals surface area contributed by atoms with Crippen molar-refractivity contribution in [2.75, 3.05) is 11.9 Å². The van der Waals surface area contributed by atoms with Crippen molar-refractivity contribution >= 4 is 22.6 Å². The number of carbonyl (C=O) groups excluding carboxylic acids is 1. The zero-order chi connectivity index (χ0) is 22.5. The van der Waals surface area contributed by atoms with E-state index in [0.29, 0.717) is 28.8 Å². The Balaban J connectivity index is 1.51. The first-order valence-corrected chi connectivity index (χ1v) is 10.3. The van der Waals surface area contributed by atoms with E-state index in [9.17, 15) is 9.59 Å². The van der Waals surface area contributed by atoms with Gasteiger partial charge in [-0.2, -0.15) is 5.26 Å². The van der Waals surface area contributed by atoms with E-state index >= 15 is 0 Å². The third-order valence-corrected chi connectivity index (χ3v) is 5.42. The third-order valence-electron chi connectivity index (χ3n) is 5.42. The number of aromatic amines is 2. The van der Waals surface area contributed by atoms with Gasteiger partial charge in [-0.1, -0.05) is 49.4 Å². The Morgan fingerprint density at radius 1 is 0.969 bits per heavy atom. The standard InChI is InChI=1S/C25H23N5O2/c1-16(18-9-7-17(14-26)8-10-18)15-27-23(19-5-3-2-4-6-19)24(31)28-20-11-12-21-22(13-20)30-25(32)29-21/h2-13,16,23,27H,15H2,1H3,(H,28,31)(H2,29,30,32)/t16-,23+/m1/s1. The molecule has 0 aliphatic heterocycles. The molecule has 1 aromatic heterocycles. The fourth-order valence-electron chi connectivity index (χ4n) is 3.63. The van der Waals surface area contributed by atoms with Crippen LogP contribution in [0.3, 0.4) is 0 Å². The summed E-state index contributed by atoms with van der Waals surface area (Å²) in [5.74, 6) is -0.0523. The second-order valence-electron chi connectivity index (χ2n) is 7.72. The van der Waals surface area contributed by atoms with E-state index in [1.165, 1.54) is 0 Å². The number of aromatic nitrogens is 2. The highest BCUT2D eigenvalue weighted by molar-refractivity contribution is 5.97. The molecule has 0 unspecified atom stereocenters. The molecule has 4 N–H and O–H groups in total. The molecule has 160 valence electrons. The van der Waals surface area contributed by atoms with E-state index in [0.717, 1.165) is 11.1 Å². The largest absolute Gasteiger partial charge is 0.324 e. The van der Waals surface area contributed by atoms with Gasteiger partial charge in [0.05, 0.1) is 22.7 Å². The number of H-pyrrole nitrogens is 2. The quantitative estimate of drug-likeness (QED) is 0.361. The zero-order valence-corrected chi connectivity index (χ0v) is 17.6. The lowest BCUT2D eigenvalue weighted by molar-refractivity contribution is -0.118. The summed E-state index contributed by atoms with van der Waals surface area (Å²) >= 11 is 0. The van der Waals surface area contributed by atoms with Crippen molar-refractivity contribution in [2.24, 2.45) is 0 Å².